The molecule has 0 saturated heterocycles. The summed E-state index contributed by atoms with van der Waals surface area (Å²) in [5.41, 5.74) is 1.26. The van der Waals surface area contributed by atoms with Crippen LogP contribution in [-0.4, -0.2) is 28.0 Å². The van der Waals surface area contributed by atoms with Crippen molar-refractivity contribution in [3.8, 4) is 0 Å². The Morgan fingerprint density at radius 3 is 2.67 bits per heavy atom. The number of nitrogens with one attached hydrogen (secondary N) is 2. The van der Waals surface area contributed by atoms with Gasteiger partial charge in [-0.1, -0.05) is 0 Å². The van der Waals surface area contributed by atoms with Crippen LogP contribution in [0.15, 0.2) is 36.8 Å². The van der Waals surface area contributed by atoms with Crippen molar-refractivity contribution in [2.45, 2.75) is 13.3 Å². The van der Waals surface area contributed by atoms with E-state index in [0.29, 0.717) is 5.95 Å². The Hall–Kier alpha value is -2.17. The van der Waals surface area contributed by atoms with Crippen molar-refractivity contribution in [2.24, 2.45) is 0 Å². The molecular weight excluding hydrogens is 226 g/mol. The second-order valence-electron chi connectivity index (χ2n) is 3.83. The molecule has 0 aliphatic carbocycles. The van der Waals surface area contributed by atoms with E-state index >= 15 is 0 Å². The van der Waals surface area contributed by atoms with E-state index in [4.69, 9.17) is 0 Å². The molecule has 0 spiro atoms. The Kier molecular flexibility index (Phi) is 4.46. The number of hydrogen-bond acceptors (Lipinski definition) is 5. The van der Waals surface area contributed by atoms with Crippen molar-refractivity contribution in [3.05, 3.63) is 42.4 Å². The minimum Gasteiger partial charge on any atom is -0.370 e. The molecule has 2 aromatic rings. The predicted octanol–water partition coefficient (Wildman–Crippen LogP) is 1.96. The lowest BCUT2D eigenvalue weighted by molar-refractivity contribution is 0.990. The summed E-state index contributed by atoms with van der Waals surface area (Å²) in [4.78, 5) is 12.5. The van der Waals surface area contributed by atoms with Gasteiger partial charge in [0.05, 0.1) is 0 Å². The first-order valence-electron chi connectivity index (χ1n) is 6.08. The standard InChI is InChI=1S/C13H17N5/c1-2-15-13-17-10-6-12(18-13)16-9-5-11-3-7-14-8-4-11/h3-4,6-8,10H,2,5,9H2,1H3,(H2,15,16,17,18). The maximum atomic E-state index is 4.35. The van der Waals surface area contributed by atoms with Gasteiger partial charge in [-0.15, -0.1) is 0 Å². The zero-order valence-corrected chi connectivity index (χ0v) is 10.4. The van der Waals surface area contributed by atoms with Crippen molar-refractivity contribution in [1.29, 1.82) is 0 Å². The largest absolute Gasteiger partial charge is 0.370 e. The van der Waals surface area contributed by atoms with Gasteiger partial charge in [-0.25, -0.2) is 4.98 Å². The summed E-state index contributed by atoms with van der Waals surface area (Å²) in [6, 6.07) is 5.91. The van der Waals surface area contributed by atoms with Gasteiger partial charge in [-0.05, 0) is 37.1 Å². The molecule has 0 saturated carbocycles. The second kappa shape index (κ2) is 6.54. The molecule has 2 N–H and O–H groups in total. The molecule has 5 nitrogen and oxygen atoms in total. The van der Waals surface area contributed by atoms with Crippen LogP contribution < -0.4 is 10.6 Å². The summed E-state index contributed by atoms with van der Waals surface area (Å²) >= 11 is 0. The maximum absolute atomic E-state index is 4.35. The van der Waals surface area contributed by atoms with Gasteiger partial charge in [0.25, 0.3) is 0 Å². The Morgan fingerprint density at radius 2 is 1.89 bits per heavy atom. The van der Waals surface area contributed by atoms with E-state index in [1.165, 1.54) is 5.56 Å². The fraction of sp³-hybridized carbons (Fsp3) is 0.308. The molecule has 2 aromatic heterocycles. The number of rotatable bonds is 6. The highest BCUT2D eigenvalue weighted by Crippen LogP contribution is 2.06. The summed E-state index contributed by atoms with van der Waals surface area (Å²) in [7, 11) is 0. The molecule has 0 radical (unpaired) electrons. The topological polar surface area (TPSA) is 62.7 Å². The highest BCUT2D eigenvalue weighted by atomic mass is 15.1. The highest BCUT2D eigenvalue weighted by Gasteiger charge is 1.97. The van der Waals surface area contributed by atoms with Gasteiger partial charge >= 0.3 is 0 Å². The van der Waals surface area contributed by atoms with E-state index in [2.05, 4.69) is 25.6 Å². The predicted molar refractivity (Wildman–Crippen MR) is 72.6 cm³/mol. The summed E-state index contributed by atoms with van der Waals surface area (Å²) in [6.45, 7) is 3.68. The number of hydrogen-bond donors (Lipinski definition) is 2. The Morgan fingerprint density at radius 1 is 1.06 bits per heavy atom. The molecule has 0 bridgehead atoms. The zero-order chi connectivity index (χ0) is 12.6. The number of pyridine rings is 1. The zero-order valence-electron chi connectivity index (χ0n) is 10.4. The monoisotopic (exact) mass is 243 g/mol. The van der Waals surface area contributed by atoms with Gasteiger partial charge in [0.1, 0.15) is 5.82 Å². The minimum atomic E-state index is 0.659. The van der Waals surface area contributed by atoms with Gasteiger partial charge in [-0.3, -0.25) is 4.98 Å². The molecule has 2 heterocycles. The van der Waals surface area contributed by atoms with Crippen LogP contribution in [0.1, 0.15) is 12.5 Å². The van der Waals surface area contributed by atoms with Crippen LogP contribution in [-0.2, 0) is 6.42 Å². The molecule has 5 heteroatoms. The SMILES string of the molecule is CCNc1nccc(NCCc2ccncc2)n1. The first-order valence-corrected chi connectivity index (χ1v) is 6.08. The van der Waals surface area contributed by atoms with Crippen LogP contribution in [0.2, 0.25) is 0 Å². The third-order valence-electron chi connectivity index (χ3n) is 2.46. The first-order chi connectivity index (χ1) is 8.88. The van der Waals surface area contributed by atoms with Crippen molar-refractivity contribution in [1.82, 2.24) is 15.0 Å². The van der Waals surface area contributed by atoms with Crippen LogP contribution in [0.5, 0.6) is 0 Å². The smallest absolute Gasteiger partial charge is 0.224 e. The van der Waals surface area contributed by atoms with Crippen LogP contribution in [0.25, 0.3) is 0 Å². The van der Waals surface area contributed by atoms with E-state index in [9.17, 15) is 0 Å². The fourth-order valence-electron chi connectivity index (χ4n) is 1.58. The first kappa shape index (κ1) is 12.3. The Labute approximate surface area is 107 Å². The summed E-state index contributed by atoms with van der Waals surface area (Å²) in [5, 5.41) is 6.37. The molecule has 18 heavy (non-hydrogen) atoms. The van der Waals surface area contributed by atoms with E-state index in [0.717, 1.165) is 25.3 Å². The van der Waals surface area contributed by atoms with Gasteiger partial charge in [-0.2, -0.15) is 4.98 Å². The summed E-state index contributed by atoms with van der Waals surface area (Å²) in [5.74, 6) is 1.50. The molecule has 0 aromatic carbocycles. The summed E-state index contributed by atoms with van der Waals surface area (Å²) in [6.07, 6.45) is 6.31. The fourth-order valence-corrected chi connectivity index (χ4v) is 1.58. The molecule has 0 amide bonds. The van der Waals surface area contributed by atoms with E-state index in [1.54, 1.807) is 6.20 Å². The average Bonchev–Trinajstić information content (AvgIpc) is 2.41. The normalized spacial score (nSPS) is 10.1. The third kappa shape index (κ3) is 3.69. The minimum absolute atomic E-state index is 0.659. The Balaban J connectivity index is 1.84. The lowest BCUT2D eigenvalue weighted by Crippen LogP contribution is -2.08. The van der Waals surface area contributed by atoms with Crippen molar-refractivity contribution in [2.75, 3.05) is 23.7 Å². The van der Waals surface area contributed by atoms with Gasteiger partial charge < -0.3 is 10.6 Å². The lowest BCUT2D eigenvalue weighted by Gasteiger charge is -2.07. The van der Waals surface area contributed by atoms with Crippen molar-refractivity contribution < 1.29 is 0 Å². The molecular formula is C13H17N5. The number of aromatic nitrogens is 3. The van der Waals surface area contributed by atoms with Crippen molar-refractivity contribution in [3.63, 3.8) is 0 Å². The van der Waals surface area contributed by atoms with E-state index < -0.39 is 0 Å². The molecule has 0 aliphatic rings. The summed E-state index contributed by atoms with van der Waals surface area (Å²) < 4.78 is 0. The van der Waals surface area contributed by atoms with Gasteiger partial charge in [0, 0.05) is 31.7 Å². The van der Waals surface area contributed by atoms with E-state index in [-0.39, 0.29) is 0 Å². The molecule has 0 unspecified atom stereocenters. The van der Waals surface area contributed by atoms with Gasteiger partial charge in [0.15, 0.2) is 0 Å². The maximum Gasteiger partial charge on any atom is 0.224 e. The van der Waals surface area contributed by atoms with Crippen LogP contribution in [0.3, 0.4) is 0 Å². The molecule has 2 rings (SSSR count). The second-order valence-corrected chi connectivity index (χ2v) is 3.83. The molecule has 94 valence electrons. The lowest BCUT2D eigenvalue weighted by atomic mass is 10.2. The molecule has 0 atom stereocenters. The third-order valence-corrected chi connectivity index (χ3v) is 2.46. The molecule has 0 fully saturated rings. The quantitative estimate of drug-likeness (QED) is 0.812. The van der Waals surface area contributed by atoms with Crippen LogP contribution >= 0.6 is 0 Å². The molecule has 0 aliphatic heterocycles. The van der Waals surface area contributed by atoms with E-state index in [1.807, 2.05) is 37.5 Å². The van der Waals surface area contributed by atoms with Crippen LogP contribution in [0.4, 0.5) is 11.8 Å². The number of nitrogens with zero attached hydrogens (tertiary/aromatic N) is 3. The van der Waals surface area contributed by atoms with Crippen molar-refractivity contribution >= 4 is 11.8 Å². The average molecular weight is 243 g/mol. The van der Waals surface area contributed by atoms with Crippen LogP contribution in [0, 0.1) is 0 Å². The van der Waals surface area contributed by atoms with Gasteiger partial charge in [0.2, 0.25) is 5.95 Å². The number of anilines is 2. The highest BCUT2D eigenvalue weighted by molar-refractivity contribution is 5.39. The Bertz CT molecular complexity index is 472.